The number of carbonyl (C=O) groups excluding carboxylic acids is 1. The van der Waals surface area contributed by atoms with E-state index >= 15 is 0 Å². The fraction of sp³-hybridized carbons (Fsp3) is 0.588. The van der Waals surface area contributed by atoms with Crippen LogP contribution in [-0.2, 0) is 16.4 Å². The fourth-order valence-electron chi connectivity index (χ4n) is 3.02. The van der Waals surface area contributed by atoms with E-state index in [1.54, 1.807) is 19.1 Å². The summed E-state index contributed by atoms with van der Waals surface area (Å²) in [6, 6.07) is 5.25. The lowest BCUT2D eigenvalue weighted by Gasteiger charge is -2.32. The van der Waals surface area contributed by atoms with E-state index in [-0.39, 0.29) is 12.1 Å². The zero-order valence-corrected chi connectivity index (χ0v) is 16.3. The van der Waals surface area contributed by atoms with Crippen molar-refractivity contribution in [3.63, 3.8) is 0 Å². The Kier molecular flexibility index (Phi) is 7.10. The lowest BCUT2D eigenvalue weighted by atomic mass is 10.1. The van der Waals surface area contributed by atoms with E-state index in [0.717, 1.165) is 24.7 Å². The molecule has 8 nitrogen and oxygen atoms in total. The maximum atomic E-state index is 12.3. The molecule has 1 atom stereocenters. The van der Waals surface area contributed by atoms with Crippen LogP contribution in [0.2, 0.25) is 0 Å². The second-order valence-electron chi connectivity index (χ2n) is 6.35. The standard InChI is InChI=1S/C17H27N3O5S/c1-24-15-7-6-13(11-16(15)25-2)8-9-18-17(21)20-10-4-5-14(12-20)19-26(3,22)23/h6-7,11,14,19H,4-5,8-10,12H2,1-3H3,(H,18,21)/t14-/m0/s1. The second-order valence-corrected chi connectivity index (χ2v) is 8.13. The number of sulfonamides is 1. The molecule has 0 bridgehead atoms. The Morgan fingerprint density at radius 1 is 1.27 bits per heavy atom. The number of likely N-dealkylation sites (tertiary alicyclic amines) is 1. The summed E-state index contributed by atoms with van der Waals surface area (Å²) in [5.41, 5.74) is 1.03. The number of ether oxygens (including phenoxy) is 2. The first-order valence-electron chi connectivity index (χ1n) is 8.53. The predicted octanol–water partition coefficient (Wildman–Crippen LogP) is 0.970. The molecule has 26 heavy (non-hydrogen) atoms. The number of nitrogens with zero attached hydrogens (tertiary/aromatic N) is 1. The molecule has 0 saturated carbocycles. The molecule has 1 fully saturated rings. The van der Waals surface area contributed by atoms with Crippen molar-refractivity contribution in [1.82, 2.24) is 14.9 Å². The average Bonchev–Trinajstić information content (AvgIpc) is 2.60. The zero-order chi connectivity index (χ0) is 19.2. The summed E-state index contributed by atoms with van der Waals surface area (Å²) < 4.78 is 35.8. The molecule has 2 rings (SSSR count). The molecule has 0 unspecified atom stereocenters. The number of methoxy groups -OCH3 is 2. The van der Waals surface area contributed by atoms with Gasteiger partial charge in [-0.3, -0.25) is 0 Å². The van der Waals surface area contributed by atoms with Crippen LogP contribution >= 0.6 is 0 Å². The van der Waals surface area contributed by atoms with Crippen LogP contribution in [-0.4, -0.2) is 65.5 Å². The molecule has 9 heteroatoms. The number of hydrogen-bond acceptors (Lipinski definition) is 5. The van der Waals surface area contributed by atoms with Crippen molar-refractivity contribution < 1.29 is 22.7 Å². The Balaban J connectivity index is 1.83. The molecule has 1 aliphatic rings. The molecule has 1 aliphatic heterocycles. The molecule has 0 aliphatic carbocycles. The summed E-state index contributed by atoms with van der Waals surface area (Å²) in [5, 5.41) is 2.89. The summed E-state index contributed by atoms with van der Waals surface area (Å²) in [6.45, 7) is 1.49. The van der Waals surface area contributed by atoms with Crippen molar-refractivity contribution in [1.29, 1.82) is 0 Å². The van der Waals surface area contributed by atoms with E-state index in [9.17, 15) is 13.2 Å². The molecule has 2 N–H and O–H groups in total. The quantitative estimate of drug-likeness (QED) is 0.729. The minimum atomic E-state index is -3.27. The van der Waals surface area contributed by atoms with Crippen molar-refractivity contribution in [3.8, 4) is 11.5 Å². The Labute approximate surface area is 154 Å². The van der Waals surface area contributed by atoms with Crippen LogP contribution in [0.3, 0.4) is 0 Å². The van der Waals surface area contributed by atoms with Crippen molar-refractivity contribution in [2.45, 2.75) is 25.3 Å². The molecule has 0 radical (unpaired) electrons. The van der Waals surface area contributed by atoms with Crippen molar-refractivity contribution in [2.75, 3.05) is 40.1 Å². The minimum absolute atomic E-state index is 0.175. The molecule has 2 amide bonds. The number of hydrogen-bond donors (Lipinski definition) is 2. The topological polar surface area (TPSA) is 97.0 Å². The predicted molar refractivity (Wildman–Crippen MR) is 99.2 cm³/mol. The fourth-order valence-corrected chi connectivity index (χ4v) is 3.82. The molecule has 1 saturated heterocycles. The van der Waals surface area contributed by atoms with E-state index in [0.29, 0.717) is 37.6 Å². The first kappa shape index (κ1) is 20.3. The number of benzene rings is 1. The number of rotatable bonds is 7. The highest BCUT2D eigenvalue weighted by Gasteiger charge is 2.25. The van der Waals surface area contributed by atoms with Gasteiger partial charge in [0.2, 0.25) is 10.0 Å². The van der Waals surface area contributed by atoms with Crippen LogP contribution in [0.1, 0.15) is 18.4 Å². The highest BCUT2D eigenvalue weighted by atomic mass is 32.2. The van der Waals surface area contributed by atoms with Gasteiger partial charge in [-0.15, -0.1) is 0 Å². The summed E-state index contributed by atoms with van der Waals surface area (Å²) in [6.07, 6.45) is 3.30. The maximum absolute atomic E-state index is 12.3. The van der Waals surface area contributed by atoms with Crippen LogP contribution in [0.25, 0.3) is 0 Å². The van der Waals surface area contributed by atoms with Gasteiger partial charge < -0.3 is 19.7 Å². The third kappa shape index (κ3) is 6.06. The van der Waals surface area contributed by atoms with Crippen LogP contribution < -0.4 is 19.5 Å². The van der Waals surface area contributed by atoms with Gasteiger partial charge in [0.15, 0.2) is 11.5 Å². The number of nitrogens with one attached hydrogen (secondary N) is 2. The highest BCUT2D eigenvalue weighted by Crippen LogP contribution is 2.27. The molecule has 0 aromatic heterocycles. The lowest BCUT2D eigenvalue weighted by Crippen LogP contribution is -2.52. The van der Waals surface area contributed by atoms with Gasteiger partial charge in [-0.2, -0.15) is 0 Å². The van der Waals surface area contributed by atoms with Gasteiger partial charge in [-0.05, 0) is 37.0 Å². The normalized spacial score (nSPS) is 17.7. The third-order valence-corrected chi connectivity index (χ3v) is 4.99. The Bertz CT molecular complexity index is 723. The first-order chi connectivity index (χ1) is 12.3. The molecule has 1 heterocycles. The number of amides is 2. The highest BCUT2D eigenvalue weighted by molar-refractivity contribution is 7.88. The van der Waals surface area contributed by atoms with Crippen molar-refractivity contribution in [2.24, 2.45) is 0 Å². The molecule has 1 aromatic rings. The Hall–Kier alpha value is -2.00. The van der Waals surface area contributed by atoms with E-state index in [1.807, 2.05) is 18.2 Å². The SMILES string of the molecule is COc1ccc(CCNC(=O)N2CCC[C@H](NS(C)(=O)=O)C2)cc1OC. The summed E-state index contributed by atoms with van der Waals surface area (Å²) in [5.74, 6) is 1.32. The van der Waals surface area contributed by atoms with E-state index in [4.69, 9.17) is 9.47 Å². The van der Waals surface area contributed by atoms with Crippen LogP contribution in [0.15, 0.2) is 18.2 Å². The largest absolute Gasteiger partial charge is 0.493 e. The van der Waals surface area contributed by atoms with Crippen molar-refractivity contribution >= 4 is 16.1 Å². The van der Waals surface area contributed by atoms with Gasteiger partial charge in [0.05, 0.1) is 20.5 Å². The Morgan fingerprint density at radius 3 is 2.65 bits per heavy atom. The van der Waals surface area contributed by atoms with E-state index < -0.39 is 10.0 Å². The van der Waals surface area contributed by atoms with Gasteiger partial charge in [0, 0.05) is 25.7 Å². The summed E-state index contributed by atoms with van der Waals surface area (Å²) in [7, 11) is -0.0991. The van der Waals surface area contributed by atoms with Gasteiger partial charge in [0.25, 0.3) is 0 Å². The lowest BCUT2D eigenvalue weighted by molar-refractivity contribution is 0.177. The smallest absolute Gasteiger partial charge is 0.317 e. The van der Waals surface area contributed by atoms with Gasteiger partial charge in [0.1, 0.15) is 0 Å². The van der Waals surface area contributed by atoms with Crippen LogP contribution in [0.4, 0.5) is 4.79 Å². The molecular formula is C17H27N3O5S. The number of urea groups is 1. The molecule has 146 valence electrons. The van der Waals surface area contributed by atoms with Crippen LogP contribution in [0, 0.1) is 0 Å². The second kappa shape index (κ2) is 9.09. The minimum Gasteiger partial charge on any atom is -0.493 e. The molecule has 1 aromatic carbocycles. The van der Waals surface area contributed by atoms with Crippen LogP contribution in [0.5, 0.6) is 11.5 Å². The summed E-state index contributed by atoms with van der Waals surface area (Å²) >= 11 is 0. The van der Waals surface area contributed by atoms with E-state index in [2.05, 4.69) is 10.0 Å². The third-order valence-electron chi connectivity index (χ3n) is 4.23. The van der Waals surface area contributed by atoms with Gasteiger partial charge in [-0.25, -0.2) is 17.9 Å². The number of carbonyl (C=O) groups is 1. The average molecular weight is 385 g/mol. The Morgan fingerprint density at radius 2 is 2.00 bits per heavy atom. The first-order valence-corrected chi connectivity index (χ1v) is 10.4. The molecular weight excluding hydrogens is 358 g/mol. The molecule has 0 spiro atoms. The van der Waals surface area contributed by atoms with Crippen molar-refractivity contribution in [3.05, 3.63) is 23.8 Å². The zero-order valence-electron chi connectivity index (χ0n) is 15.4. The van der Waals surface area contributed by atoms with Gasteiger partial charge in [-0.1, -0.05) is 6.07 Å². The monoisotopic (exact) mass is 385 g/mol. The number of piperidine rings is 1. The van der Waals surface area contributed by atoms with E-state index in [1.165, 1.54) is 0 Å². The summed E-state index contributed by atoms with van der Waals surface area (Å²) in [4.78, 5) is 14.0. The van der Waals surface area contributed by atoms with Gasteiger partial charge >= 0.3 is 6.03 Å². The maximum Gasteiger partial charge on any atom is 0.317 e.